The second kappa shape index (κ2) is 5.67. The van der Waals surface area contributed by atoms with Crippen LogP contribution in [0.15, 0.2) is 30.5 Å². The minimum absolute atomic E-state index is 0.00180. The highest BCUT2D eigenvalue weighted by Crippen LogP contribution is 2.19. The molecule has 0 saturated carbocycles. The molecule has 0 radical (unpaired) electrons. The van der Waals surface area contributed by atoms with Crippen LogP contribution in [0.4, 0.5) is 0 Å². The van der Waals surface area contributed by atoms with E-state index in [9.17, 15) is 4.79 Å². The van der Waals surface area contributed by atoms with Crippen molar-refractivity contribution in [2.75, 3.05) is 0 Å². The fourth-order valence-electron chi connectivity index (χ4n) is 1.66. The Labute approximate surface area is 123 Å². The zero-order valence-corrected chi connectivity index (χ0v) is 12.6. The maximum absolute atomic E-state index is 11.8. The first-order valence-corrected chi connectivity index (χ1v) is 6.82. The predicted octanol–water partition coefficient (Wildman–Crippen LogP) is 3.39. The lowest BCUT2D eigenvalue weighted by atomic mass is 9.96. The Balaban J connectivity index is 2.03. The molecule has 1 aromatic carbocycles. The third kappa shape index (κ3) is 3.61. The van der Waals surface area contributed by atoms with Crippen LogP contribution >= 0.6 is 11.6 Å². The van der Waals surface area contributed by atoms with Crippen LogP contribution in [0.2, 0.25) is 5.02 Å². The smallest absolute Gasteiger partial charge is 0.225 e. The number of amides is 1. The molecule has 0 aliphatic heterocycles. The Kier molecular flexibility index (Phi) is 4.14. The van der Waals surface area contributed by atoms with Crippen molar-refractivity contribution < 1.29 is 4.79 Å². The minimum Gasteiger partial charge on any atom is -0.348 e. The van der Waals surface area contributed by atoms with Crippen molar-refractivity contribution >= 4 is 17.5 Å². The summed E-state index contributed by atoms with van der Waals surface area (Å²) in [5.41, 5.74) is 1.52. The van der Waals surface area contributed by atoms with Crippen LogP contribution in [0.25, 0.3) is 11.3 Å². The van der Waals surface area contributed by atoms with Gasteiger partial charge in [-0.25, -0.2) is 4.98 Å². The number of nitrogens with zero attached hydrogens (tertiary/aromatic N) is 1. The Morgan fingerprint density at radius 3 is 2.55 bits per heavy atom. The molecule has 0 aliphatic carbocycles. The number of hydrogen-bond acceptors (Lipinski definition) is 2. The first-order valence-electron chi connectivity index (χ1n) is 6.44. The van der Waals surface area contributed by atoms with E-state index >= 15 is 0 Å². The Morgan fingerprint density at radius 2 is 1.95 bits per heavy atom. The standard InChI is InChI=1S/C15H18ClN3O/c1-15(2,3)14(20)18-9-13-17-8-12(19-13)10-4-6-11(16)7-5-10/h4-8H,9H2,1-3H3,(H,17,19)(H,18,20). The fourth-order valence-corrected chi connectivity index (χ4v) is 1.78. The van der Waals surface area contributed by atoms with Crippen LogP contribution in [0.1, 0.15) is 26.6 Å². The lowest BCUT2D eigenvalue weighted by molar-refractivity contribution is -0.128. The third-order valence-corrected chi connectivity index (χ3v) is 3.13. The van der Waals surface area contributed by atoms with Gasteiger partial charge in [-0.1, -0.05) is 44.5 Å². The van der Waals surface area contributed by atoms with E-state index in [1.54, 1.807) is 6.20 Å². The first kappa shape index (κ1) is 14.6. The van der Waals surface area contributed by atoms with Gasteiger partial charge in [0.2, 0.25) is 5.91 Å². The molecule has 0 aliphatic rings. The van der Waals surface area contributed by atoms with Crippen LogP contribution in [0.3, 0.4) is 0 Å². The summed E-state index contributed by atoms with van der Waals surface area (Å²) in [6.07, 6.45) is 1.75. The maximum atomic E-state index is 11.8. The number of imidazole rings is 1. The molecule has 2 aromatic rings. The average Bonchev–Trinajstić information content (AvgIpc) is 2.84. The largest absolute Gasteiger partial charge is 0.348 e. The highest BCUT2D eigenvalue weighted by Gasteiger charge is 2.20. The molecule has 106 valence electrons. The van der Waals surface area contributed by atoms with E-state index in [2.05, 4.69) is 15.3 Å². The van der Waals surface area contributed by atoms with Crippen LogP contribution in [-0.2, 0) is 11.3 Å². The average molecular weight is 292 g/mol. The minimum atomic E-state index is -0.397. The van der Waals surface area contributed by atoms with Gasteiger partial charge in [0.1, 0.15) is 5.82 Å². The zero-order chi connectivity index (χ0) is 14.8. The van der Waals surface area contributed by atoms with E-state index in [-0.39, 0.29) is 5.91 Å². The van der Waals surface area contributed by atoms with Crippen molar-refractivity contribution in [3.63, 3.8) is 0 Å². The summed E-state index contributed by atoms with van der Waals surface area (Å²) < 4.78 is 0. The van der Waals surface area contributed by atoms with Gasteiger partial charge in [-0.05, 0) is 17.7 Å². The molecule has 5 heteroatoms. The van der Waals surface area contributed by atoms with Crippen molar-refractivity contribution in [3.05, 3.63) is 41.3 Å². The maximum Gasteiger partial charge on any atom is 0.225 e. The van der Waals surface area contributed by atoms with E-state index in [0.717, 1.165) is 17.1 Å². The Morgan fingerprint density at radius 1 is 1.30 bits per heavy atom. The second-order valence-corrected chi connectivity index (χ2v) is 6.12. The van der Waals surface area contributed by atoms with Gasteiger partial charge in [0.25, 0.3) is 0 Å². The lowest BCUT2D eigenvalue weighted by Gasteiger charge is -2.16. The van der Waals surface area contributed by atoms with E-state index in [1.165, 1.54) is 0 Å². The molecule has 20 heavy (non-hydrogen) atoms. The number of carbonyl (C=O) groups is 1. The monoisotopic (exact) mass is 291 g/mol. The predicted molar refractivity (Wildman–Crippen MR) is 80.3 cm³/mol. The number of benzene rings is 1. The molecule has 1 heterocycles. The topological polar surface area (TPSA) is 57.8 Å². The molecular formula is C15H18ClN3O. The lowest BCUT2D eigenvalue weighted by Crippen LogP contribution is -2.34. The normalized spacial score (nSPS) is 11.4. The van der Waals surface area contributed by atoms with E-state index in [1.807, 2.05) is 45.0 Å². The van der Waals surface area contributed by atoms with Crippen molar-refractivity contribution in [2.24, 2.45) is 5.41 Å². The molecular weight excluding hydrogens is 274 g/mol. The molecule has 0 bridgehead atoms. The van der Waals surface area contributed by atoms with Crippen molar-refractivity contribution in [2.45, 2.75) is 27.3 Å². The summed E-state index contributed by atoms with van der Waals surface area (Å²) >= 11 is 5.86. The Hall–Kier alpha value is -1.81. The molecule has 0 spiro atoms. The number of halogens is 1. The number of nitrogens with one attached hydrogen (secondary N) is 2. The van der Waals surface area contributed by atoms with E-state index in [4.69, 9.17) is 11.6 Å². The van der Waals surface area contributed by atoms with Crippen LogP contribution < -0.4 is 5.32 Å². The van der Waals surface area contributed by atoms with Gasteiger partial charge in [-0.15, -0.1) is 0 Å². The molecule has 0 unspecified atom stereocenters. The number of hydrogen-bond donors (Lipinski definition) is 2. The van der Waals surface area contributed by atoms with Crippen molar-refractivity contribution in [1.82, 2.24) is 15.3 Å². The van der Waals surface area contributed by atoms with Crippen molar-refractivity contribution in [1.29, 1.82) is 0 Å². The summed E-state index contributed by atoms with van der Waals surface area (Å²) in [6.45, 7) is 6.03. The molecule has 1 amide bonds. The molecule has 1 aromatic heterocycles. The van der Waals surface area contributed by atoms with E-state index in [0.29, 0.717) is 11.6 Å². The highest BCUT2D eigenvalue weighted by atomic mass is 35.5. The van der Waals surface area contributed by atoms with Gasteiger partial charge in [-0.3, -0.25) is 4.79 Å². The SMILES string of the molecule is CC(C)(C)C(=O)NCc1ncc(-c2ccc(Cl)cc2)[nH]1. The number of aromatic amines is 1. The zero-order valence-electron chi connectivity index (χ0n) is 11.8. The van der Waals surface area contributed by atoms with Gasteiger partial charge >= 0.3 is 0 Å². The molecule has 0 saturated heterocycles. The highest BCUT2D eigenvalue weighted by molar-refractivity contribution is 6.30. The third-order valence-electron chi connectivity index (χ3n) is 2.88. The van der Waals surface area contributed by atoms with Gasteiger partial charge in [0.05, 0.1) is 18.4 Å². The Bertz CT molecular complexity index is 596. The molecule has 2 rings (SSSR count). The first-order chi connectivity index (χ1) is 9.36. The number of aromatic nitrogens is 2. The summed E-state index contributed by atoms with van der Waals surface area (Å²) in [4.78, 5) is 19.2. The summed E-state index contributed by atoms with van der Waals surface area (Å²) in [5, 5.41) is 3.56. The van der Waals surface area contributed by atoms with Crippen molar-refractivity contribution in [3.8, 4) is 11.3 Å². The van der Waals surface area contributed by atoms with E-state index < -0.39 is 5.41 Å². The number of H-pyrrole nitrogens is 1. The summed E-state index contributed by atoms with van der Waals surface area (Å²) in [6, 6.07) is 7.51. The molecule has 0 fully saturated rings. The number of carbonyl (C=O) groups excluding carboxylic acids is 1. The van der Waals surface area contributed by atoms with Crippen LogP contribution in [0.5, 0.6) is 0 Å². The van der Waals surface area contributed by atoms with Gasteiger partial charge in [0, 0.05) is 10.4 Å². The van der Waals surface area contributed by atoms with Gasteiger partial charge in [-0.2, -0.15) is 0 Å². The fraction of sp³-hybridized carbons (Fsp3) is 0.333. The van der Waals surface area contributed by atoms with Gasteiger partial charge < -0.3 is 10.3 Å². The quantitative estimate of drug-likeness (QED) is 0.910. The molecule has 2 N–H and O–H groups in total. The van der Waals surface area contributed by atoms with Crippen LogP contribution in [-0.4, -0.2) is 15.9 Å². The second-order valence-electron chi connectivity index (χ2n) is 5.68. The van der Waals surface area contributed by atoms with Crippen LogP contribution in [0, 0.1) is 5.41 Å². The van der Waals surface area contributed by atoms with Gasteiger partial charge in [0.15, 0.2) is 0 Å². The summed E-state index contributed by atoms with van der Waals surface area (Å²) in [5.74, 6) is 0.731. The molecule has 4 nitrogen and oxygen atoms in total. The number of rotatable bonds is 3. The summed E-state index contributed by atoms with van der Waals surface area (Å²) in [7, 11) is 0. The molecule has 0 atom stereocenters.